The summed E-state index contributed by atoms with van der Waals surface area (Å²) in [6.07, 6.45) is 3.84. The van der Waals surface area contributed by atoms with Gasteiger partial charge in [-0.05, 0) is 44.5 Å². The second kappa shape index (κ2) is 8.23. The van der Waals surface area contributed by atoms with Crippen LogP contribution in [-0.2, 0) is 0 Å². The molecular weight excluding hydrogens is 404 g/mol. The van der Waals surface area contributed by atoms with E-state index in [0.717, 1.165) is 36.7 Å². The Hall–Kier alpha value is -1.90. The van der Waals surface area contributed by atoms with Crippen LogP contribution in [0.15, 0.2) is 35.5 Å². The molecule has 1 aliphatic heterocycles. The Morgan fingerprint density at radius 3 is 2.82 bits per heavy atom. The Labute approximate surface area is 170 Å². The number of nitrogens with one attached hydrogen (secondary N) is 2. The van der Waals surface area contributed by atoms with Gasteiger partial charge in [-0.3, -0.25) is 0 Å². The number of benzene rings is 1. The van der Waals surface area contributed by atoms with E-state index in [1.165, 1.54) is 18.2 Å². The summed E-state index contributed by atoms with van der Waals surface area (Å²) < 4.78 is 30.0. The molecule has 4 rings (SSSR count). The highest BCUT2D eigenvalue weighted by Gasteiger charge is 2.20. The Morgan fingerprint density at radius 2 is 2.14 bits per heavy atom. The van der Waals surface area contributed by atoms with Gasteiger partial charge < -0.3 is 10.6 Å². The number of aromatic nitrogens is 3. The minimum Gasteiger partial charge on any atom is -0.348 e. The number of rotatable bonds is 5. The lowest BCUT2D eigenvalue weighted by Gasteiger charge is -2.22. The molecule has 1 fully saturated rings. The smallest absolute Gasteiger partial charge is 0.177 e. The highest BCUT2D eigenvalue weighted by atomic mass is 35.5. The SMILES string of the molecule is CC(Cl)c1cnc2c(Nc3c(F)cccc3F)cc(SC3CCCNC3)nn12. The lowest BCUT2D eigenvalue weighted by molar-refractivity contribution is 0.531. The highest BCUT2D eigenvalue weighted by Crippen LogP contribution is 2.33. The van der Waals surface area contributed by atoms with Gasteiger partial charge in [-0.15, -0.1) is 11.6 Å². The van der Waals surface area contributed by atoms with Crippen molar-refractivity contribution in [3.8, 4) is 0 Å². The average molecular weight is 424 g/mol. The summed E-state index contributed by atoms with van der Waals surface area (Å²) in [5, 5.41) is 11.8. The topological polar surface area (TPSA) is 54.2 Å². The summed E-state index contributed by atoms with van der Waals surface area (Å²) in [5.74, 6) is -1.34. The van der Waals surface area contributed by atoms with Crippen LogP contribution in [0.25, 0.3) is 5.65 Å². The maximum absolute atomic E-state index is 14.2. The fourth-order valence-electron chi connectivity index (χ4n) is 3.23. The van der Waals surface area contributed by atoms with Crippen LogP contribution in [0.4, 0.5) is 20.2 Å². The quantitative estimate of drug-likeness (QED) is 0.572. The lowest BCUT2D eigenvalue weighted by atomic mass is 10.2. The first kappa shape index (κ1) is 19.4. The number of nitrogens with zero attached hydrogens (tertiary/aromatic N) is 3. The standard InChI is InChI=1S/C19H20ClF2N5S/c1-11(20)16-10-24-19-15(25-18-13(21)5-2-6-14(18)22)8-17(26-27(16)19)28-12-4-3-7-23-9-12/h2,5-6,8,10-12,23,25H,3-4,7,9H2,1H3. The van der Waals surface area contributed by atoms with Gasteiger partial charge in [0.2, 0.25) is 0 Å². The first-order valence-electron chi connectivity index (χ1n) is 9.14. The van der Waals surface area contributed by atoms with Crippen molar-refractivity contribution in [3.05, 3.63) is 47.8 Å². The maximum atomic E-state index is 14.2. The second-order valence-electron chi connectivity index (χ2n) is 6.74. The zero-order valence-corrected chi connectivity index (χ0v) is 16.8. The summed E-state index contributed by atoms with van der Waals surface area (Å²) in [6.45, 7) is 3.76. The molecule has 28 heavy (non-hydrogen) atoms. The molecule has 0 bridgehead atoms. The van der Waals surface area contributed by atoms with E-state index < -0.39 is 11.6 Å². The molecule has 0 amide bonds. The van der Waals surface area contributed by atoms with Gasteiger partial charge in [-0.1, -0.05) is 17.8 Å². The largest absolute Gasteiger partial charge is 0.348 e. The number of hydrogen-bond donors (Lipinski definition) is 2. The van der Waals surface area contributed by atoms with E-state index in [1.807, 2.05) is 6.92 Å². The molecule has 3 aromatic rings. The molecule has 1 aromatic carbocycles. The molecular formula is C19H20ClF2N5S. The van der Waals surface area contributed by atoms with Crippen molar-refractivity contribution >= 4 is 40.4 Å². The van der Waals surface area contributed by atoms with Crippen LogP contribution in [0.2, 0.25) is 0 Å². The normalized spacial score (nSPS) is 18.4. The number of piperidine rings is 1. The van der Waals surface area contributed by atoms with Gasteiger partial charge in [-0.25, -0.2) is 18.3 Å². The van der Waals surface area contributed by atoms with Gasteiger partial charge in [0, 0.05) is 11.8 Å². The number of anilines is 2. The fraction of sp³-hybridized carbons (Fsp3) is 0.368. The van der Waals surface area contributed by atoms with E-state index in [-0.39, 0.29) is 11.1 Å². The molecule has 1 aliphatic rings. The molecule has 5 nitrogen and oxygen atoms in total. The van der Waals surface area contributed by atoms with Gasteiger partial charge in [0.05, 0.1) is 23.0 Å². The molecule has 9 heteroatoms. The van der Waals surface area contributed by atoms with Crippen molar-refractivity contribution < 1.29 is 8.78 Å². The zero-order valence-electron chi connectivity index (χ0n) is 15.3. The third kappa shape index (κ3) is 3.94. The van der Waals surface area contributed by atoms with Gasteiger partial charge in [0.25, 0.3) is 0 Å². The number of imidazole rings is 1. The number of fused-ring (bicyclic) bond motifs is 1. The first-order chi connectivity index (χ1) is 13.5. The van der Waals surface area contributed by atoms with E-state index in [2.05, 4.69) is 20.7 Å². The number of para-hydroxylation sites is 1. The predicted octanol–water partition coefficient (Wildman–Crippen LogP) is 4.90. The number of hydrogen-bond acceptors (Lipinski definition) is 5. The van der Waals surface area contributed by atoms with Crippen LogP contribution < -0.4 is 10.6 Å². The maximum Gasteiger partial charge on any atom is 0.177 e. The van der Waals surface area contributed by atoms with E-state index >= 15 is 0 Å². The van der Waals surface area contributed by atoms with Crippen molar-refractivity contribution in [2.45, 2.75) is 35.4 Å². The third-order valence-corrected chi connectivity index (χ3v) is 6.04. The molecule has 1 saturated heterocycles. The molecule has 0 spiro atoms. The molecule has 2 unspecified atom stereocenters. The Bertz CT molecular complexity index is 968. The summed E-state index contributed by atoms with van der Waals surface area (Å²) in [6, 6.07) is 5.55. The second-order valence-corrected chi connectivity index (χ2v) is 8.71. The minimum absolute atomic E-state index is 0.214. The summed E-state index contributed by atoms with van der Waals surface area (Å²) >= 11 is 7.92. The molecule has 2 atom stereocenters. The third-order valence-electron chi connectivity index (χ3n) is 4.64. The molecule has 0 saturated carbocycles. The Balaban J connectivity index is 1.77. The molecule has 2 aromatic heterocycles. The lowest BCUT2D eigenvalue weighted by Crippen LogP contribution is -2.31. The first-order valence-corrected chi connectivity index (χ1v) is 10.5. The Morgan fingerprint density at radius 1 is 1.36 bits per heavy atom. The number of halogens is 3. The van der Waals surface area contributed by atoms with Crippen LogP contribution in [0.3, 0.4) is 0 Å². The predicted molar refractivity (Wildman–Crippen MR) is 109 cm³/mol. The zero-order chi connectivity index (χ0) is 19.7. The van der Waals surface area contributed by atoms with Crippen LogP contribution in [0.5, 0.6) is 0 Å². The molecule has 0 radical (unpaired) electrons. The number of thioether (sulfide) groups is 1. The van der Waals surface area contributed by atoms with Crippen molar-refractivity contribution in [3.63, 3.8) is 0 Å². The van der Waals surface area contributed by atoms with Crippen LogP contribution in [0.1, 0.15) is 30.8 Å². The van der Waals surface area contributed by atoms with Crippen LogP contribution in [-0.4, -0.2) is 32.9 Å². The van der Waals surface area contributed by atoms with E-state index in [4.69, 9.17) is 11.6 Å². The van der Waals surface area contributed by atoms with Crippen molar-refractivity contribution in [2.75, 3.05) is 18.4 Å². The van der Waals surface area contributed by atoms with Gasteiger partial charge in [-0.2, -0.15) is 5.10 Å². The Kier molecular flexibility index (Phi) is 5.70. The minimum atomic E-state index is -0.668. The summed E-state index contributed by atoms with van der Waals surface area (Å²) in [7, 11) is 0. The molecule has 148 valence electrons. The molecule has 3 heterocycles. The fourth-order valence-corrected chi connectivity index (χ4v) is 4.52. The van der Waals surface area contributed by atoms with Crippen molar-refractivity contribution in [1.29, 1.82) is 0 Å². The van der Waals surface area contributed by atoms with Crippen LogP contribution in [0, 0.1) is 11.6 Å². The summed E-state index contributed by atoms with van der Waals surface area (Å²) in [5.41, 5.74) is 1.46. The van der Waals surface area contributed by atoms with Gasteiger partial charge in [0.15, 0.2) is 5.65 Å². The molecule has 2 N–H and O–H groups in total. The van der Waals surface area contributed by atoms with Gasteiger partial charge in [0.1, 0.15) is 22.3 Å². The summed E-state index contributed by atoms with van der Waals surface area (Å²) in [4.78, 5) is 4.37. The average Bonchev–Trinajstić information content (AvgIpc) is 3.10. The van der Waals surface area contributed by atoms with E-state index in [1.54, 1.807) is 28.5 Å². The van der Waals surface area contributed by atoms with Crippen molar-refractivity contribution in [1.82, 2.24) is 19.9 Å². The number of alkyl halides is 1. The van der Waals surface area contributed by atoms with E-state index in [0.29, 0.717) is 16.6 Å². The van der Waals surface area contributed by atoms with Crippen LogP contribution >= 0.6 is 23.4 Å². The highest BCUT2D eigenvalue weighted by molar-refractivity contribution is 7.99. The van der Waals surface area contributed by atoms with Crippen molar-refractivity contribution in [2.24, 2.45) is 0 Å². The monoisotopic (exact) mass is 423 g/mol. The van der Waals surface area contributed by atoms with Gasteiger partial charge >= 0.3 is 0 Å². The van der Waals surface area contributed by atoms with E-state index in [9.17, 15) is 8.78 Å². The molecule has 0 aliphatic carbocycles.